The number of nitrogens with one attached hydrogen (secondary N) is 1. The van der Waals surface area contributed by atoms with Gasteiger partial charge >= 0.3 is 5.97 Å². The van der Waals surface area contributed by atoms with E-state index < -0.39 is 11.5 Å². The molecule has 0 bridgehead atoms. The maximum atomic E-state index is 10.4. The molecule has 0 fully saturated rings. The van der Waals surface area contributed by atoms with E-state index in [4.69, 9.17) is 5.11 Å². The molecule has 0 aromatic rings. The molecule has 0 aliphatic heterocycles. The summed E-state index contributed by atoms with van der Waals surface area (Å²) < 4.78 is 0. The van der Waals surface area contributed by atoms with E-state index in [-0.39, 0.29) is 12.4 Å². The topological polar surface area (TPSA) is 49.3 Å². The zero-order valence-corrected chi connectivity index (χ0v) is 7.29. The van der Waals surface area contributed by atoms with Crippen molar-refractivity contribution in [2.45, 2.75) is 25.8 Å². The molecule has 2 N–H and O–H groups in total. The van der Waals surface area contributed by atoms with Crippen LogP contribution in [-0.2, 0) is 4.79 Å². The molecule has 0 rings (SSSR count). The van der Waals surface area contributed by atoms with Gasteiger partial charge < -0.3 is 10.4 Å². The number of hydrogen-bond donors (Lipinski definition) is 2. The highest BCUT2D eigenvalue weighted by atomic mass is 35.5. The van der Waals surface area contributed by atoms with E-state index in [1.165, 1.54) is 0 Å². The number of carboxylic acid groups (broad SMARTS) is 1. The van der Waals surface area contributed by atoms with E-state index in [2.05, 4.69) is 5.32 Å². The predicted molar refractivity (Wildman–Crippen MR) is 42.6 cm³/mol. The molecule has 1 unspecified atom stereocenters. The number of likely N-dealkylation sites (N-methyl/N-ethyl adjacent to an activating group) is 1. The molecule has 0 amide bonds. The van der Waals surface area contributed by atoms with Gasteiger partial charge in [-0.1, -0.05) is 6.92 Å². The Morgan fingerprint density at radius 2 is 2.10 bits per heavy atom. The standard InChI is InChI=1S/C6H13NO2.ClH/c1-4-6(2,7-3)5(8)9;/h7H,4H2,1-3H3,(H,8,9);1H. The second-order valence-corrected chi connectivity index (χ2v) is 2.24. The minimum absolute atomic E-state index is 0. The molecule has 4 heteroatoms. The van der Waals surface area contributed by atoms with Crippen LogP contribution in [0.4, 0.5) is 0 Å². The Hall–Kier alpha value is -0.280. The van der Waals surface area contributed by atoms with Gasteiger partial charge in [0.05, 0.1) is 0 Å². The maximum absolute atomic E-state index is 10.4. The van der Waals surface area contributed by atoms with E-state index in [0.717, 1.165) is 0 Å². The number of carbonyl (C=O) groups is 1. The van der Waals surface area contributed by atoms with Gasteiger partial charge in [0.25, 0.3) is 0 Å². The third-order valence-electron chi connectivity index (χ3n) is 1.73. The van der Waals surface area contributed by atoms with Crippen LogP contribution < -0.4 is 5.32 Å². The predicted octanol–water partition coefficient (Wildman–Crippen LogP) is 0.881. The molecule has 62 valence electrons. The van der Waals surface area contributed by atoms with Crippen molar-refractivity contribution >= 4 is 18.4 Å². The van der Waals surface area contributed by atoms with Gasteiger partial charge in [-0.25, -0.2) is 0 Å². The quantitative estimate of drug-likeness (QED) is 0.656. The molecule has 0 saturated carbocycles. The van der Waals surface area contributed by atoms with Crippen LogP contribution in [0.25, 0.3) is 0 Å². The Bertz CT molecular complexity index is 112. The van der Waals surface area contributed by atoms with Gasteiger partial charge in [0.2, 0.25) is 0 Å². The summed E-state index contributed by atoms with van der Waals surface area (Å²) in [4.78, 5) is 10.4. The highest BCUT2D eigenvalue weighted by Gasteiger charge is 2.27. The Morgan fingerprint density at radius 1 is 1.70 bits per heavy atom. The van der Waals surface area contributed by atoms with Crippen molar-refractivity contribution in [3.63, 3.8) is 0 Å². The second-order valence-electron chi connectivity index (χ2n) is 2.24. The second kappa shape index (κ2) is 4.52. The van der Waals surface area contributed by atoms with Gasteiger partial charge in [0.15, 0.2) is 0 Å². The fourth-order valence-corrected chi connectivity index (χ4v) is 0.435. The Balaban J connectivity index is 0. The van der Waals surface area contributed by atoms with Crippen molar-refractivity contribution in [1.82, 2.24) is 5.32 Å². The summed E-state index contributed by atoms with van der Waals surface area (Å²) in [5.41, 5.74) is -0.750. The molecule has 0 heterocycles. The Morgan fingerprint density at radius 3 is 2.10 bits per heavy atom. The molecule has 1 atom stereocenters. The summed E-state index contributed by atoms with van der Waals surface area (Å²) in [7, 11) is 1.65. The molecule has 0 radical (unpaired) electrons. The number of carboxylic acids is 1. The zero-order chi connectivity index (χ0) is 7.49. The molecule has 0 aliphatic rings. The van der Waals surface area contributed by atoms with Crippen LogP contribution in [0.1, 0.15) is 20.3 Å². The van der Waals surface area contributed by atoms with Crippen molar-refractivity contribution in [3.05, 3.63) is 0 Å². The lowest BCUT2D eigenvalue weighted by Crippen LogP contribution is -2.46. The van der Waals surface area contributed by atoms with Crippen molar-refractivity contribution in [3.8, 4) is 0 Å². The minimum Gasteiger partial charge on any atom is -0.480 e. The molecule has 0 aromatic carbocycles. The minimum atomic E-state index is -0.799. The lowest BCUT2D eigenvalue weighted by Gasteiger charge is -2.21. The van der Waals surface area contributed by atoms with Crippen LogP contribution in [0, 0.1) is 0 Å². The van der Waals surface area contributed by atoms with Crippen molar-refractivity contribution in [2.75, 3.05) is 7.05 Å². The summed E-state index contributed by atoms with van der Waals surface area (Å²) in [6.45, 7) is 3.50. The van der Waals surface area contributed by atoms with E-state index >= 15 is 0 Å². The fourth-order valence-electron chi connectivity index (χ4n) is 0.435. The number of aliphatic carboxylic acids is 1. The van der Waals surface area contributed by atoms with Gasteiger partial charge in [0.1, 0.15) is 5.54 Å². The van der Waals surface area contributed by atoms with Crippen LogP contribution in [0.15, 0.2) is 0 Å². The first-order chi connectivity index (χ1) is 4.06. The molecule has 0 aliphatic carbocycles. The molecule has 10 heavy (non-hydrogen) atoms. The SMILES string of the molecule is CCC(C)(NC)C(=O)O.Cl. The molecule has 0 aromatic heterocycles. The van der Waals surface area contributed by atoms with Gasteiger partial charge in [-0.3, -0.25) is 4.79 Å². The average Bonchev–Trinajstić information content (AvgIpc) is 1.86. The van der Waals surface area contributed by atoms with E-state index in [1.54, 1.807) is 14.0 Å². The Labute approximate surface area is 67.2 Å². The van der Waals surface area contributed by atoms with Crippen molar-refractivity contribution < 1.29 is 9.90 Å². The highest BCUT2D eigenvalue weighted by Crippen LogP contribution is 2.06. The zero-order valence-electron chi connectivity index (χ0n) is 6.47. The van der Waals surface area contributed by atoms with Crippen molar-refractivity contribution in [2.24, 2.45) is 0 Å². The first-order valence-corrected chi connectivity index (χ1v) is 2.99. The summed E-state index contributed by atoms with van der Waals surface area (Å²) in [5.74, 6) is -0.799. The summed E-state index contributed by atoms with van der Waals surface area (Å²) in [5, 5.41) is 11.3. The van der Waals surface area contributed by atoms with E-state index in [1.807, 2.05) is 6.92 Å². The first kappa shape index (κ1) is 12.4. The third-order valence-corrected chi connectivity index (χ3v) is 1.73. The number of halogens is 1. The van der Waals surface area contributed by atoms with Crippen LogP contribution in [-0.4, -0.2) is 23.7 Å². The number of hydrogen-bond acceptors (Lipinski definition) is 2. The maximum Gasteiger partial charge on any atom is 0.323 e. The summed E-state index contributed by atoms with van der Waals surface area (Å²) >= 11 is 0. The van der Waals surface area contributed by atoms with Crippen LogP contribution in [0.2, 0.25) is 0 Å². The monoisotopic (exact) mass is 167 g/mol. The van der Waals surface area contributed by atoms with Crippen LogP contribution >= 0.6 is 12.4 Å². The summed E-state index contributed by atoms with van der Waals surface area (Å²) in [6.07, 6.45) is 0.596. The molecule has 3 nitrogen and oxygen atoms in total. The van der Waals surface area contributed by atoms with Gasteiger partial charge in [-0.2, -0.15) is 0 Å². The highest BCUT2D eigenvalue weighted by molar-refractivity contribution is 5.85. The first-order valence-electron chi connectivity index (χ1n) is 2.99. The molecule has 0 saturated heterocycles. The molecule has 0 spiro atoms. The molecular weight excluding hydrogens is 154 g/mol. The summed E-state index contributed by atoms with van der Waals surface area (Å²) in [6, 6.07) is 0. The van der Waals surface area contributed by atoms with Crippen molar-refractivity contribution in [1.29, 1.82) is 0 Å². The van der Waals surface area contributed by atoms with Crippen LogP contribution in [0.5, 0.6) is 0 Å². The lowest BCUT2D eigenvalue weighted by atomic mass is 10.0. The van der Waals surface area contributed by atoms with E-state index in [0.29, 0.717) is 6.42 Å². The fraction of sp³-hybridized carbons (Fsp3) is 0.833. The number of rotatable bonds is 3. The smallest absolute Gasteiger partial charge is 0.323 e. The van der Waals surface area contributed by atoms with Gasteiger partial charge in [-0.15, -0.1) is 12.4 Å². The van der Waals surface area contributed by atoms with Gasteiger partial charge in [-0.05, 0) is 20.4 Å². The third kappa shape index (κ3) is 2.54. The van der Waals surface area contributed by atoms with E-state index in [9.17, 15) is 4.79 Å². The molecular formula is C6H14ClNO2. The van der Waals surface area contributed by atoms with Crippen LogP contribution in [0.3, 0.4) is 0 Å². The normalized spacial score (nSPS) is 15.1. The lowest BCUT2D eigenvalue weighted by molar-refractivity contribution is -0.144. The Kier molecular flexibility index (Phi) is 5.61. The van der Waals surface area contributed by atoms with Gasteiger partial charge in [0, 0.05) is 0 Å². The largest absolute Gasteiger partial charge is 0.480 e. The average molecular weight is 168 g/mol.